The fraction of sp³-hybridized carbons (Fsp3) is 0. The summed E-state index contributed by atoms with van der Waals surface area (Å²) in [6.45, 7) is 0. The molecule has 0 bridgehead atoms. The van der Waals surface area contributed by atoms with E-state index >= 15 is 0 Å². The summed E-state index contributed by atoms with van der Waals surface area (Å²) in [4.78, 5) is 0. The first-order valence-electron chi connectivity index (χ1n) is 5.44. The van der Waals surface area contributed by atoms with Crippen molar-refractivity contribution in [3.8, 4) is 16.8 Å². The molecule has 0 saturated carbocycles. The van der Waals surface area contributed by atoms with E-state index in [1.54, 1.807) is 12.7 Å². The summed E-state index contributed by atoms with van der Waals surface area (Å²) in [5, 5.41) is 7.58. The van der Waals surface area contributed by atoms with Gasteiger partial charge in [0.05, 0.1) is 0 Å². The normalized spacial score (nSPS) is 10.4. The molecule has 2 aromatic carbocycles. The van der Waals surface area contributed by atoms with Gasteiger partial charge >= 0.3 is 0 Å². The van der Waals surface area contributed by atoms with Gasteiger partial charge in [0.1, 0.15) is 12.7 Å². The van der Waals surface area contributed by atoms with Gasteiger partial charge in [0, 0.05) is 5.69 Å². The van der Waals surface area contributed by atoms with Crippen molar-refractivity contribution in [2.45, 2.75) is 0 Å². The van der Waals surface area contributed by atoms with Crippen LogP contribution in [0.1, 0.15) is 0 Å². The standard InChI is InChI=1S/C14H11N3/c1-2-4-12(5-3-1)13-6-8-14(9-7-13)17-10-15-16-11-17/h1-11H. The molecule has 0 spiro atoms. The maximum atomic E-state index is 3.79. The van der Waals surface area contributed by atoms with E-state index in [1.807, 2.05) is 22.8 Å². The average molecular weight is 221 g/mol. The zero-order valence-corrected chi connectivity index (χ0v) is 9.19. The highest BCUT2D eigenvalue weighted by Gasteiger charge is 1.98. The van der Waals surface area contributed by atoms with Gasteiger partial charge in [-0.2, -0.15) is 0 Å². The van der Waals surface area contributed by atoms with E-state index in [0.717, 1.165) is 5.69 Å². The molecule has 0 fully saturated rings. The van der Waals surface area contributed by atoms with Crippen LogP contribution in [-0.2, 0) is 0 Å². The summed E-state index contributed by atoms with van der Waals surface area (Å²) < 4.78 is 1.88. The molecule has 0 aliphatic heterocycles. The SMILES string of the molecule is c1ccc(-c2ccc(-n3cnnc3)cc2)cc1. The van der Waals surface area contributed by atoms with Gasteiger partial charge in [0.2, 0.25) is 0 Å². The Morgan fingerprint density at radius 3 is 1.88 bits per heavy atom. The second-order valence-corrected chi connectivity index (χ2v) is 3.78. The molecule has 0 amide bonds. The van der Waals surface area contributed by atoms with E-state index in [0.29, 0.717) is 0 Å². The van der Waals surface area contributed by atoms with Crippen LogP contribution in [-0.4, -0.2) is 14.8 Å². The Hall–Kier alpha value is -2.42. The third-order valence-electron chi connectivity index (χ3n) is 2.69. The van der Waals surface area contributed by atoms with E-state index in [1.165, 1.54) is 11.1 Å². The van der Waals surface area contributed by atoms with Crippen molar-refractivity contribution in [2.75, 3.05) is 0 Å². The molecule has 17 heavy (non-hydrogen) atoms. The van der Waals surface area contributed by atoms with Gasteiger partial charge in [0.25, 0.3) is 0 Å². The van der Waals surface area contributed by atoms with Crippen LogP contribution >= 0.6 is 0 Å². The third-order valence-corrected chi connectivity index (χ3v) is 2.69. The highest BCUT2D eigenvalue weighted by atomic mass is 15.2. The molecule has 3 rings (SSSR count). The second kappa shape index (κ2) is 4.22. The predicted molar refractivity (Wildman–Crippen MR) is 66.8 cm³/mol. The molecule has 0 N–H and O–H groups in total. The largest absolute Gasteiger partial charge is 0.288 e. The Bertz CT molecular complexity index is 583. The first-order chi connectivity index (χ1) is 8.43. The molecular formula is C14H11N3. The molecule has 0 radical (unpaired) electrons. The summed E-state index contributed by atoms with van der Waals surface area (Å²) in [6.07, 6.45) is 3.38. The molecular weight excluding hydrogens is 210 g/mol. The van der Waals surface area contributed by atoms with Crippen LogP contribution in [0, 0.1) is 0 Å². The average Bonchev–Trinajstić information content (AvgIpc) is 2.94. The topological polar surface area (TPSA) is 30.7 Å². The zero-order chi connectivity index (χ0) is 11.5. The lowest BCUT2D eigenvalue weighted by atomic mass is 10.1. The number of hydrogen-bond donors (Lipinski definition) is 0. The quantitative estimate of drug-likeness (QED) is 0.666. The van der Waals surface area contributed by atoms with Crippen molar-refractivity contribution in [1.82, 2.24) is 14.8 Å². The van der Waals surface area contributed by atoms with Crippen LogP contribution < -0.4 is 0 Å². The van der Waals surface area contributed by atoms with Crippen molar-refractivity contribution >= 4 is 0 Å². The Kier molecular flexibility index (Phi) is 2.43. The minimum absolute atomic E-state index is 1.06. The van der Waals surface area contributed by atoms with Crippen molar-refractivity contribution < 1.29 is 0 Å². The van der Waals surface area contributed by atoms with Gasteiger partial charge in [0.15, 0.2) is 0 Å². The van der Waals surface area contributed by atoms with E-state index in [2.05, 4.69) is 46.6 Å². The monoisotopic (exact) mass is 221 g/mol. The van der Waals surface area contributed by atoms with Crippen LogP contribution in [0.15, 0.2) is 67.3 Å². The van der Waals surface area contributed by atoms with E-state index in [9.17, 15) is 0 Å². The van der Waals surface area contributed by atoms with Gasteiger partial charge in [-0.25, -0.2) is 0 Å². The molecule has 0 aliphatic carbocycles. The van der Waals surface area contributed by atoms with Crippen LogP contribution in [0.5, 0.6) is 0 Å². The third kappa shape index (κ3) is 1.95. The van der Waals surface area contributed by atoms with Crippen molar-refractivity contribution in [3.63, 3.8) is 0 Å². The molecule has 1 aromatic heterocycles. The molecule has 0 atom stereocenters. The van der Waals surface area contributed by atoms with Crippen LogP contribution in [0.3, 0.4) is 0 Å². The van der Waals surface area contributed by atoms with Crippen molar-refractivity contribution in [3.05, 3.63) is 67.3 Å². The summed E-state index contributed by atoms with van der Waals surface area (Å²) in [6, 6.07) is 18.6. The lowest BCUT2D eigenvalue weighted by Crippen LogP contribution is -1.89. The molecule has 1 heterocycles. The first kappa shape index (κ1) is 9.78. The summed E-state index contributed by atoms with van der Waals surface area (Å²) in [7, 11) is 0. The van der Waals surface area contributed by atoms with E-state index in [-0.39, 0.29) is 0 Å². The van der Waals surface area contributed by atoms with Crippen LogP contribution in [0.2, 0.25) is 0 Å². The minimum Gasteiger partial charge on any atom is -0.288 e. The van der Waals surface area contributed by atoms with Gasteiger partial charge in [-0.3, -0.25) is 4.57 Å². The van der Waals surface area contributed by atoms with Gasteiger partial charge in [-0.05, 0) is 23.3 Å². The fourth-order valence-electron chi connectivity index (χ4n) is 1.79. The van der Waals surface area contributed by atoms with Gasteiger partial charge in [-0.15, -0.1) is 10.2 Å². The number of benzene rings is 2. The predicted octanol–water partition coefficient (Wildman–Crippen LogP) is 2.93. The van der Waals surface area contributed by atoms with E-state index in [4.69, 9.17) is 0 Å². The zero-order valence-electron chi connectivity index (χ0n) is 9.19. The Morgan fingerprint density at radius 2 is 1.24 bits per heavy atom. The molecule has 3 aromatic rings. The minimum atomic E-state index is 1.06. The van der Waals surface area contributed by atoms with E-state index < -0.39 is 0 Å². The Balaban J connectivity index is 1.96. The first-order valence-corrected chi connectivity index (χ1v) is 5.44. The smallest absolute Gasteiger partial charge is 0.123 e. The van der Waals surface area contributed by atoms with Gasteiger partial charge in [-0.1, -0.05) is 42.5 Å². The van der Waals surface area contributed by atoms with Crippen LogP contribution in [0.25, 0.3) is 16.8 Å². The number of rotatable bonds is 2. The number of hydrogen-bond acceptors (Lipinski definition) is 2. The fourth-order valence-corrected chi connectivity index (χ4v) is 1.79. The summed E-state index contributed by atoms with van der Waals surface area (Å²) >= 11 is 0. The highest BCUT2D eigenvalue weighted by Crippen LogP contribution is 2.20. The molecule has 82 valence electrons. The molecule has 0 saturated heterocycles. The Morgan fingerprint density at radius 1 is 0.647 bits per heavy atom. The highest BCUT2D eigenvalue weighted by molar-refractivity contribution is 5.64. The second-order valence-electron chi connectivity index (χ2n) is 3.78. The lowest BCUT2D eigenvalue weighted by molar-refractivity contribution is 1.06. The molecule has 0 unspecified atom stereocenters. The van der Waals surface area contributed by atoms with Gasteiger partial charge < -0.3 is 0 Å². The van der Waals surface area contributed by atoms with Crippen LogP contribution in [0.4, 0.5) is 0 Å². The molecule has 3 heteroatoms. The maximum absolute atomic E-state index is 3.79. The molecule has 0 aliphatic rings. The number of aromatic nitrogens is 3. The number of nitrogens with zero attached hydrogens (tertiary/aromatic N) is 3. The Labute approximate surface area is 99.4 Å². The summed E-state index contributed by atoms with van der Waals surface area (Å²) in [5.41, 5.74) is 3.50. The summed E-state index contributed by atoms with van der Waals surface area (Å²) in [5.74, 6) is 0. The van der Waals surface area contributed by atoms with Crippen molar-refractivity contribution in [1.29, 1.82) is 0 Å². The lowest BCUT2D eigenvalue weighted by Gasteiger charge is -2.04. The maximum Gasteiger partial charge on any atom is 0.123 e. The molecule has 3 nitrogen and oxygen atoms in total. The van der Waals surface area contributed by atoms with Crippen molar-refractivity contribution in [2.24, 2.45) is 0 Å².